The van der Waals surface area contributed by atoms with Crippen LogP contribution in [-0.2, 0) is 16.6 Å². The Balaban J connectivity index is 2.65. The molecule has 0 spiro atoms. The van der Waals surface area contributed by atoms with Gasteiger partial charge in [0.2, 0.25) is 0 Å². The highest BCUT2D eigenvalue weighted by Crippen LogP contribution is 2.21. The van der Waals surface area contributed by atoms with Gasteiger partial charge in [0.05, 0.1) is 6.33 Å². The molecule has 0 aliphatic heterocycles. The third kappa shape index (κ3) is 4.93. The van der Waals surface area contributed by atoms with Gasteiger partial charge in [-0.2, -0.15) is 0 Å². The first-order chi connectivity index (χ1) is 8.80. The second-order valence-corrected chi connectivity index (χ2v) is 7.14. The van der Waals surface area contributed by atoms with E-state index in [1.165, 1.54) is 12.5 Å². The largest absolute Gasteiger partial charge is 0.336 e. The maximum absolute atomic E-state index is 12.1. The minimum Gasteiger partial charge on any atom is -0.336 e. The van der Waals surface area contributed by atoms with E-state index >= 15 is 0 Å². The minimum atomic E-state index is -3.52. The number of hydrogen-bond acceptors (Lipinski definition) is 4. The summed E-state index contributed by atoms with van der Waals surface area (Å²) < 4.78 is 28.5. The highest BCUT2D eigenvalue weighted by molar-refractivity contribution is 7.89. The molecule has 7 heteroatoms. The van der Waals surface area contributed by atoms with Gasteiger partial charge in [0.25, 0.3) is 10.0 Å². The van der Waals surface area contributed by atoms with E-state index in [9.17, 15) is 8.42 Å². The fraction of sp³-hybridized carbons (Fsp3) is 0.750. The van der Waals surface area contributed by atoms with E-state index in [-0.39, 0.29) is 10.4 Å². The molecule has 0 radical (unpaired) electrons. The fourth-order valence-corrected chi connectivity index (χ4v) is 2.87. The Morgan fingerprint density at radius 2 is 2.16 bits per heavy atom. The highest BCUT2D eigenvalue weighted by Gasteiger charge is 2.23. The SMILES string of the molecule is CCn1cnc(S(=O)(=O)NCC(C)(C)CCCN)c1. The van der Waals surface area contributed by atoms with Crippen LogP contribution >= 0.6 is 0 Å². The van der Waals surface area contributed by atoms with Crippen molar-refractivity contribution in [2.75, 3.05) is 13.1 Å². The number of sulfonamides is 1. The van der Waals surface area contributed by atoms with Crippen LogP contribution in [0.3, 0.4) is 0 Å². The van der Waals surface area contributed by atoms with E-state index in [1.54, 1.807) is 4.57 Å². The van der Waals surface area contributed by atoms with Gasteiger partial charge in [0.1, 0.15) is 0 Å². The Bertz CT molecular complexity index is 494. The molecule has 0 aromatic carbocycles. The lowest BCUT2D eigenvalue weighted by molar-refractivity contribution is 0.327. The summed E-state index contributed by atoms with van der Waals surface area (Å²) in [5, 5.41) is 0.0731. The molecule has 1 aromatic heterocycles. The van der Waals surface area contributed by atoms with E-state index in [1.807, 2.05) is 20.8 Å². The van der Waals surface area contributed by atoms with Gasteiger partial charge in [-0.05, 0) is 31.7 Å². The standard InChI is InChI=1S/C12H24N4O2S/c1-4-16-8-11(14-10-16)19(17,18)15-9-12(2,3)6-5-7-13/h8,10,15H,4-7,9,13H2,1-3H3. The number of nitrogens with zero attached hydrogens (tertiary/aromatic N) is 2. The number of nitrogens with two attached hydrogens (primary N) is 1. The third-order valence-corrected chi connectivity index (χ3v) is 4.33. The monoisotopic (exact) mass is 288 g/mol. The van der Waals surface area contributed by atoms with Crippen molar-refractivity contribution in [2.24, 2.45) is 11.1 Å². The molecule has 0 saturated carbocycles. The second kappa shape index (κ2) is 6.49. The zero-order chi connectivity index (χ0) is 14.5. The zero-order valence-electron chi connectivity index (χ0n) is 11.9. The average molecular weight is 288 g/mol. The van der Waals surface area contributed by atoms with Crippen LogP contribution in [0, 0.1) is 5.41 Å². The van der Waals surface area contributed by atoms with Crippen molar-refractivity contribution in [3.8, 4) is 0 Å². The van der Waals surface area contributed by atoms with Gasteiger partial charge in [-0.1, -0.05) is 13.8 Å². The van der Waals surface area contributed by atoms with E-state index < -0.39 is 10.0 Å². The van der Waals surface area contributed by atoms with Gasteiger partial charge < -0.3 is 10.3 Å². The lowest BCUT2D eigenvalue weighted by atomic mass is 9.88. The molecule has 3 N–H and O–H groups in total. The van der Waals surface area contributed by atoms with Crippen molar-refractivity contribution in [3.05, 3.63) is 12.5 Å². The van der Waals surface area contributed by atoms with Crippen LogP contribution < -0.4 is 10.5 Å². The van der Waals surface area contributed by atoms with Crippen LogP contribution in [0.4, 0.5) is 0 Å². The van der Waals surface area contributed by atoms with Crippen LogP contribution in [0.1, 0.15) is 33.6 Å². The van der Waals surface area contributed by atoms with Crippen LogP contribution in [0.5, 0.6) is 0 Å². The summed E-state index contributed by atoms with van der Waals surface area (Å²) in [7, 11) is -3.52. The Morgan fingerprint density at radius 1 is 1.47 bits per heavy atom. The number of hydrogen-bond donors (Lipinski definition) is 2. The predicted molar refractivity (Wildman–Crippen MR) is 75.2 cm³/mol. The number of rotatable bonds is 8. The van der Waals surface area contributed by atoms with E-state index in [0.29, 0.717) is 19.6 Å². The third-order valence-electron chi connectivity index (χ3n) is 3.05. The zero-order valence-corrected chi connectivity index (χ0v) is 12.7. The number of imidazole rings is 1. The normalized spacial score (nSPS) is 12.8. The lowest BCUT2D eigenvalue weighted by Crippen LogP contribution is -2.34. The van der Waals surface area contributed by atoms with Crippen molar-refractivity contribution in [2.45, 2.75) is 45.2 Å². The first-order valence-corrected chi connectivity index (χ1v) is 8.00. The predicted octanol–water partition coefficient (Wildman–Crippen LogP) is 0.946. The van der Waals surface area contributed by atoms with Crippen molar-refractivity contribution in [1.82, 2.24) is 14.3 Å². The van der Waals surface area contributed by atoms with Crippen molar-refractivity contribution < 1.29 is 8.42 Å². The second-order valence-electron chi connectivity index (χ2n) is 5.42. The Hall–Kier alpha value is -0.920. The van der Waals surface area contributed by atoms with Gasteiger partial charge in [0, 0.05) is 19.3 Å². The Morgan fingerprint density at radius 3 is 2.68 bits per heavy atom. The summed E-state index contributed by atoms with van der Waals surface area (Å²) in [6.45, 7) is 7.68. The molecular weight excluding hydrogens is 264 g/mol. The molecule has 1 aromatic rings. The van der Waals surface area contributed by atoms with Gasteiger partial charge in [0.15, 0.2) is 5.03 Å². The van der Waals surface area contributed by atoms with Crippen LogP contribution in [-0.4, -0.2) is 31.1 Å². The first kappa shape index (κ1) is 16.1. The summed E-state index contributed by atoms with van der Waals surface area (Å²) in [5.41, 5.74) is 5.36. The summed E-state index contributed by atoms with van der Waals surface area (Å²) >= 11 is 0. The molecule has 0 amide bonds. The van der Waals surface area contributed by atoms with Crippen LogP contribution in [0.25, 0.3) is 0 Å². The van der Waals surface area contributed by atoms with Crippen molar-refractivity contribution >= 4 is 10.0 Å². The maximum atomic E-state index is 12.1. The molecule has 0 aliphatic carbocycles. The molecule has 1 rings (SSSR count). The summed E-state index contributed by atoms with van der Waals surface area (Å²) in [6.07, 6.45) is 4.83. The van der Waals surface area contributed by atoms with E-state index in [2.05, 4.69) is 9.71 Å². The Kier molecular flexibility index (Phi) is 5.51. The molecule has 0 unspecified atom stereocenters. The molecule has 110 valence electrons. The van der Waals surface area contributed by atoms with Gasteiger partial charge in [-0.25, -0.2) is 18.1 Å². The Labute approximate surface area is 115 Å². The first-order valence-electron chi connectivity index (χ1n) is 6.52. The number of aryl methyl sites for hydroxylation is 1. The molecule has 19 heavy (non-hydrogen) atoms. The van der Waals surface area contributed by atoms with Crippen LogP contribution in [0.2, 0.25) is 0 Å². The molecular formula is C12H24N4O2S. The molecule has 6 nitrogen and oxygen atoms in total. The lowest BCUT2D eigenvalue weighted by Gasteiger charge is -2.24. The number of nitrogens with one attached hydrogen (secondary N) is 1. The van der Waals surface area contributed by atoms with Gasteiger partial charge in [-0.3, -0.25) is 0 Å². The van der Waals surface area contributed by atoms with Crippen molar-refractivity contribution in [3.63, 3.8) is 0 Å². The maximum Gasteiger partial charge on any atom is 0.259 e. The quantitative estimate of drug-likeness (QED) is 0.745. The average Bonchev–Trinajstić information content (AvgIpc) is 2.84. The number of aromatic nitrogens is 2. The van der Waals surface area contributed by atoms with E-state index in [0.717, 1.165) is 12.8 Å². The highest BCUT2D eigenvalue weighted by atomic mass is 32.2. The topological polar surface area (TPSA) is 90.0 Å². The smallest absolute Gasteiger partial charge is 0.259 e. The van der Waals surface area contributed by atoms with Crippen molar-refractivity contribution in [1.29, 1.82) is 0 Å². The molecule has 0 fully saturated rings. The van der Waals surface area contributed by atoms with Gasteiger partial charge in [-0.15, -0.1) is 0 Å². The van der Waals surface area contributed by atoms with Crippen LogP contribution in [0.15, 0.2) is 17.6 Å². The fourth-order valence-electron chi connectivity index (χ4n) is 1.68. The van der Waals surface area contributed by atoms with E-state index in [4.69, 9.17) is 5.73 Å². The van der Waals surface area contributed by atoms with Gasteiger partial charge >= 0.3 is 0 Å². The summed E-state index contributed by atoms with van der Waals surface area (Å²) in [6, 6.07) is 0. The summed E-state index contributed by atoms with van der Waals surface area (Å²) in [4.78, 5) is 3.91. The minimum absolute atomic E-state index is 0.0731. The molecule has 0 saturated heterocycles. The molecule has 0 bridgehead atoms. The summed E-state index contributed by atoms with van der Waals surface area (Å²) in [5.74, 6) is 0. The molecule has 0 aliphatic rings. The molecule has 0 atom stereocenters. The molecule has 1 heterocycles.